The average Bonchev–Trinajstić information content (AvgIpc) is 3.11. The van der Waals surface area contributed by atoms with Crippen molar-refractivity contribution in [2.75, 3.05) is 13.1 Å². The number of pyridine rings is 1. The Hall–Kier alpha value is -2.48. The SMILES string of the molecule is C[C@H](NC(=O)[C@@H]1CNC[C@H]1c1ccc(C(F)(F)F)nc1)c1ccccc1F. The topological polar surface area (TPSA) is 54.0 Å². The Kier molecular flexibility index (Phi) is 5.46. The molecule has 3 atom stereocenters. The molecule has 0 spiro atoms. The summed E-state index contributed by atoms with van der Waals surface area (Å²) in [5.74, 6) is -1.45. The molecule has 4 nitrogen and oxygen atoms in total. The largest absolute Gasteiger partial charge is 0.433 e. The van der Waals surface area contributed by atoms with Crippen LogP contribution in [-0.4, -0.2) is 24.0 Å². The maximum absolute atomic E-state index is 13.9. The Morgan fingerprint density at radius 2 is 1.96 bits per heavy atom. The second-order valence-corrected chi connectivity index (χ2v) is 6.60. The third kappa shape index (κ3) is 4.27. The van der Waals surface area contributed by atoms with Gasteiger partial charge in [0.15, 0.2) is 0 Å². The van der Waals surface area contributed by atoms with Gasteiger partial charge in [0.05, 0.1) is 12.0 Å². The average molecular weight is 381 g/mol. The van der Waals surface area contributed by atoms with Crippen molar-refractivity contribution >= 4 is 5.91 Å². The van der Waals surface area contributed by atoms with Gasteiger partial charge in [-0.2, -0.15) is 13.2 Å². The normalized spacial score (nSPS) is 21.1. The van der Waals surface area contributed by atoms with E-state index in [0.29, 0.717) is 24.2 Å². The van der Waals surface area contributed by atoms with Crippen LogP contribution in [0.4, 0.5) is 17.6 Å². The Morgan fingerprint density at radius 3 is 2.59 bits per heavy atom. The molecule has 27 heavy (non-hydrogen) atoms. The van der Waals surface area contributed by atoms with Crippen LogP contribution in [0.25, 0.3) is 0 Å². The number of halogens is 4. The van der Waals surface area contributed by atoms with Crippen LogP contribution in [0.15, 0.2) is 42.6 Å². The first-order valence-electron chi connectivity index (χ1n) is 8.56. The number of nitrogens with zero attached hydrogens (tertiary/aromatic N) is 1. The monoisotopic (exact) mass is 381 g/mol. The van der Waals surface area contributed by atoms with Crippen LogP contribution in [0.3, 0.4) is 0 Å². The Morgan fingerprint density at radius 1 is 1.22 bits per heavy atom. The maximum atomic E-state index is 13.9. The quantitative estimate of drug-likeness (QED) is 0.798. The maximum Gasteiger partial charge on any atom is 0.433 e. The molecule has 1 fully saturated rings. The number of alkyl halides is 3. The Labute approximate surface area is 154 Å². The number of carbonyl (C=O) groups excluding carboxylic acids is 1. The minimum Gasteiger partial charge on any atom is -0.349 e. The van der Waals surface area contributed by atoms with Crippen molar-refractivity contribution in [1.29, 1.82) is 0 Å². The van der Waals surface area contributed by atoms with E-state index in [1.165, 1.54) is 18.3 Å². The molecule has 8 heteroatoms. The van der Waals surface area contributed by atoms with E-state index in [0.717, 1.165) is 6.07 Å². The molecule has 1 aliphatic heterocycles. The summed E-state index contributed by atoms with van der Waals surface area (Å²) in [6.45, 7) is 2.54. The first kappa shape index (κ1) is 19.3. The number of rotatable bonds is 4. The zero-order valence-electron chi connectivity index (χ0n) is 14.6. The smallest absolute Gasteiger partial charge is 0.349 e. The molecule has 0 aliphatic carbocycles. The van der Waals surface area contributed by atoms with Crippen LogP contribution < -0.4 is 10.6 Å². The molecule has 2 N–H and O–H groups in total. The van der Waals surface area contributed by atoms with Crippen LogP contribution in [0.1, 0.15) is 35.7 Å². The van der Waals surface area contributed by atoms with Crippen LogP contribution in [0.2, 0.25) is 0 Å². The number of hydrogen-bond donors (Lipinski definition) is 2. The first-order chi connectivity index (χ1) is 12.8. The predicted molar refractivity (Wildman–Crippen MR) is 91.3 cm³/mol. The molecule has 1 aliphatic rings. The van der Waals surface area contributed by atoms with Gasteiger partial charge in [-0.15, -0.1) is 0 Å². The minimum atomic E-state index is -4.50. The van der Waals surface area contributed by atoms with E-state index in [1.807, 2.05) is 0 Å². The highest BCUT2D eigenvalue weighted by atomic mass is 19.4. The second-order valence-electron chi connectivity index (χ2n) is 6.60. The van der Waals surface area contributed by atoms with Gasteiger partial charge in [0.1, 0.15) is 11.5 Å². The Bertz CT molecular complexity index is 807. The predicted octanol–water partition coefficient (Wildman–Crippen LogP) is 3.42. The molecule has 0 saturated carbocycles. The summed E-state index contributed by atoms with van der Waals surface area (Å²) in [6.07, 6.45) is -3.33. The standard InChI is InChI=1S/C19H19F4N3O/c1-11(13-4-2-3-5-16(13)20)26-18(27)15-10-24-9-14(15)12-6-7-17(25-8-12)19(21,22)23/h2-8,11,14-15,24H,9-10H2,1H3,(H,26,27)/t11-,14-,15+/m0/s1. The molecule has 3 rings (SSSR count). The third-order valence-corrected chi connectivity index (χ3v) is 4.79. The lowest BCUT2D eigenvalue weighted by molar-refractivity contribution is -0.141. The molecule has 1 aromatic heterocycles. The molecule has 0 unspecified atom stereocenters. The Balaban J connectivity index is 1.72. The van der Waals surface area contributed by atoms with E-state index in [1.54, 1.807) is 25.1 Å². The van der Waals surface area contributed by atoms with Crippen molar-refractivity contribution in [2.24, 2.45) is 5.92 Å². The fraction of sp³-hybridized carbons (Fsp3) is 0.368. The van der Waals surface area contributed by atoms with Gasteiger partial charge in [0, 0.05) is 30.8 Å². The summed E-state index contributed by atoms with van der Waals surface area (Å²) in [5, 5.41) is 5.88. The minimum absolute atomic E-state index is 0.277. The molecular weight excluding hydrogens is 362 g/mol. The first-order valence-corrected chi connectivity index (χ1v) is 8.56. The fourth-order valence-electron chi connectivity index (χ4n) is 3.32. The molecule has 1 saturated heterocycles. The fourth-order valence-corrected chi connectivity index (χ4v) is 3.32. The third-order valence-electron chi connectivity index (χ3n) is 4.79. The van der Waals surface area contributed by atoms with Gasteiger partial charge in [0.2, 0.25) is 5.91 Å². The van der Waals surface area contributed by atoms with Crippen LogP contribution in [0.5, 0.6) is 0 Å². The number of benzene rings is 1. The molecular formula is C19H19F4N3O. The lowest BCUT2D eigenvalue weighted by Gasteiger charge is -2.22. The summed E-state index contributed by atoms with van der Waals surface area (Å²) < 4.78 is 51.9. The van der Waals surface area contributed by atoms with E-state index in [9.17, 15) is 22.4 Å². The van der Waals surface area contributed by atoms with Crippen molar-refractivity contribution in [3.05, 3.63) is 65.2 Å². The van der Waals surface area contributed by atoms with E-state index in [2.05, 4.69) is 15.6 Å². The summed E-state index contributed by atoms with van der Waals surface area (Å²) >= 11 is 0. The van der Waals surface area contributed by atoms with Crippen molar-refractivity contribution in [2.45, 2.75) is 25.1 Å². The summed E-state index contributed by atoms with van der Waals surface area (Å²) in [6, 6.07) is 7.94. The van der Waals surface area contributed by atoms with Gasteiger partial charge in [-0.05, 0) is 24.6 Å². The molecule has 2 aromatic rings. The highest BCUT2D eigenvalue weighted by Gasteiger charge is 2.36. The highest BCUT2D eigenvalue weighted by Crippen LogP contribution is 2.32. The lowest BCUT2D eigenvalue weighted by Crippen LogP contribution is -2.36. The number of carbonyl (C=O) groups is 1. The molecule has 144 valence electrons. The van der Waals surface area contributed by atoms with E-state index < -0.39 is 29.6 Å². The number of amides is 1. The van der Waals surface area contributed by atoms with E-state index in [-0.39, 0.29) is 11.8 Å². The zero-order valence-corrected chi connectivity index (χ0v) is 14.6. The van der Waals surface area contributed by atoms with Crippen molar-refractivity contribution in [3.63, 3.8) is 0 Å². The molecule has 2 heterocycles. The van der Waals surface area contributed by atoms with Gasteiger partial charge < -0.3 is 10.6 Å². The van der Waals surface area contributed by atoms with Crippen LogP contribution >= 0.6 is 0 Å². The van der Waals surface area contributed by atoms with E-state index >= 15 is 0 Å². The number of aromatic nitrogens is 1. The molecule has 1 aromatic carbocycles. The van der Waals surface area contributed by atoms with Crippen molar-refractivity contribution in [1.82, 2.24) is 15.6 Å². The number of hydrogen-bond acceptors (Lipinski definition) is 3. The second kappa shape index (κ2) is 7.64. The molecule has 1 amide bonds. The van der Waals surface area contributed by atoms with Crippen molar-refractivity contribution < 1.29 is 22.4 Å². The van der Waals surface area contributed by atoms with Gasteiger partial charge >= 0.3 is 6.18 Å². The van der Waals surface area contributed by atoms with Gasteiger partial charge in [-0.25, -0.2) is 4.39 Å². The van der Waals surface area contributed by atoms with Gasteiger partial charge in [-0.3, -0.25) is 9.78 Å². The van der Waals surface area contributed by atoms with Crippen molar-refractivity contribution in [3.8, 4) is 0 Å². The summed E-state index contributed by atoms with van der Waals surface area (Å²) in [7, 11) is 0. The lowest BCUT2D eigenvalue weighted by atomic mass is 9.88. The van der Waals surface area contributed by atoms with Gasteiger partial charge in [-0.1, -0.05) is 24.3 Å². The van der Waals surface area contributed by atoms with Crippen LogP contribution in [-0.2, 0) is 11.0 Å². The molecule has 0 radical (unpaired) electrons. The van der Waals surface area contributed by atoms with Crippen LogP contribution in [0, 0.1) is 11.7 Å². The zero-order chi connectivity index (χ0) is 19.6. The molecule has 0 bridgehead atoms. The summed E-state index contributed by atoms with van der Waals surface area (Å²) in [4.78, 5) is 16.2. The number of nitrogens with one attached hydrogen (secondary N) is 2. The van der Waals surface area contributed by atoms with Gasteiger partial charge in [0.25, 0.3) is 0 Å². The summed E-state index contributed by atoms with van der Waals surface area (Å²) in [5.41, 5.74) is -0.0253. The highest BCUT2D eigenvalue weighted by molar-refractivity contribution is 5.81. The van der Waals surface area contributed by atoms with E-state index in [4.69, 9.17) is 0 Å².